The number of thioether (sulfide) groups is 1. The molecule has 3 aromatic rings. The first-order valence-electron chi connectivity index (χ1n) is 9.96. The molecule has 150 valence electrons. The summed E-state index contributed by atoms with van der Waals surface area (Å²) < 4.78 is 1.96. The van der Waals surface area contributed by atoms with E-state index in [0.717, 1.165) is 30.3 Å². The molecule has 0 aliphatic carbocycles. The molecule has 1 saturated heterocycles. The maximum absolute atomic E-state index is 12.4. The molecule has 0 spiro atoms. The average Bonchev–Trinajstić information content (AvgIpc) is 3.14. The first-order valence-corrected chi connectivity index (χ1v) is 10.9. The van der Waals surface area contributed by atoms with Gasteiger partial charge in [0.15, 0.2) is 5.16 Å². The Morgan fingerprint density at radius 1 is 0.966 bits per heavy atom. The second-order valence-electron chi connectivity index (χ2n) is 7.13. The lowest BCUT2D eigenvalue weighted by molar-refractivity contribution is -0.113. The zero-order valence-electron chi connectivity index (χ0n) is 16.5. The van der Waals surface area contributed by atoms with Gasteiger partial charge in [0, 0.05) is 30.2 Å². The Bertz CT molecular complexity index is 949. The summed E-state index contributed by atoms with van der Waals surface area (Å²) in [5, 5.41) is 12.1. The molecule has 7 heteroatoms. The summed E-state index contributed by atoms with van der Waals surface area (Å²) in [6.07, 6.45) is 3.82. The number of nitrogens with zero attached hydrogens (tertiary/aromatic N) is 4. The van der Waals surface area contributed by atoms with Gasteiger partial charge >= 0.3 is 0 Å². The van der Waals surface area contributed by atoms with Crippen molar-refractivity contribution in [2.75, 3.05) is 29.1 Å². The minimum atomic E-state index is -0.0546. The lowest BCUT2D eigenvalue weighted by Crippen LogP contribution is -2.29. The van der Waals surface area contributed by atoms with Crippen molar-refractivity contribution < 1.29 is 4.79 Å². The van der Waals surface area contributed by atoms with Crippen molar-refractivity contribution in [3.63, 3.8) is 0 Å². The fourth-order valence-corrected chi connectivity index (χ4v) is 4.34. The third-order valence-corrected chi connectivity index (χ3v) is 5.94. The summed E-state index contributed by atoms with van der Waals surface area (Å²) in [4.78, 5) is 14.8. The van der Waals surface area contributed by atoms with Crippen LogP contribution in [0.5, 0.6) is 0 Å². The van der Waals surface area contributed by atoms with E-state index in [4.69, 9.17) is 0 Å². The summed E-state index contributed by atoms with van der Waals surface area (Å²) in [6.45, 7) is 4.14. The van der Waals surface area contributed by atoms with Crippen LogP contribution < -0.4 is 10.2 Å². The number of carbonyl (C=O) groups excluding carboxylic acids is 1. The molecular formula is C22H25N5OS. The van der Waals surface area contributed by atoms with Crippen molar-refractivity contribution in [1.82, 2.24) is 14.8 Å². The van der Waals surface area contributed by atoms with E-state index < -0.39 is 0 Å². The van der Waals surface area contributed by atoms with Crippen LogP contribution in [-0.2, 0) is 4.79 Å². The number of hydrogen-bond donors (Lipinski definition) is 1. The zero-order valence-corrected chi connectivity index (χ0v) is 17.4. The monoisotopic (exact) mass is 407 g/mol. The number of anilines is 2. The van der Waals surface area contributed by atoms with Gasteiger partial charge < -0.3 is 10.2 Å². The Morgan fingerprint density at radius 2 is 1.69 bits per heavy atom. The molecule has 0 atom stereocenters. The molecule has 1 aromatic heterocycles. The van der Waals surface area contributed by atoms with Gasteiger partial charge in [0.05, 0.1) is 5.75 Å². The van der Waals surface area contributed by atoms with Gasteiger partial charge in [-0.05, 0) is 62.6 Å². The van der Waals surface area contributed by atoms with E-state index in [-0.39, 0.29) is 11.7 Å². The highest BCUT2D eigenvalue weighted by Crippen LogP contribution is 2.24. The van der Waals surface area contributed by atoms with Gasteiger partial charge in [-0.2, -0.15) is 0 Å². The highest BCUT2D eigenvalue weighted by molar-refractivity contribution is 7.99. The van der Waals surface area contributed by atoms with Crippen molar-refractivity contribution in [1.29, 1.82) is 0 Å². The lowest BCUT2D eigenvalue weighted by atomic mass is 10.1. The van der Waals surface area contributed by atoms with Crippen LogP contribution in [0.4, 0.5) is 11.4 Å². The van der Waals surface area contributed by atoms with Crippen molar-refractivity contribution >= 4 is 29.0 Å². The molecule has 2 heterocycles. The van der Waals surface area contributed by atoms with Crippen LogP contribution >= 0.6 is 11.8 Å². The molecule has 0 radical (unpaired) electrons. The highest BCUT2D eigenvalue weighted by atomic mass is 32.2. The molecule has 1 fully saturated rings. The van der Waals surface area contributed by atoms with E-state index in [9.17, 15) is 4.79 Å². The maximum Gasteiger partial charge on any atom is 0.234 e. The Morgan fingerprint density at radius 3 is 2.41 bits per heavy atom. The van der Waals surface area contributed by atoms with Crippen molar-refractivity contribution in [3.8, 4) is 5.69 Å². The number of aryl methyl sites for hydroxylation is 1. The van der Waals surface area contributed by atoms with Crippen LogP contribution in [0.3, 0.4) is 0 Å². The first-order chi connectivity index (χ1) is 14.2. The summed E-state index contributed by atoms with van der Waals surface area (Å²) in [7, 11) is 0. The number of aromatic nitrogens is 3. The van der Waals surface area contributed by atoms with E-state index in [1.165, 1.54) is 36.7 Å². The quantitative estimate of drug-likeness (QED) is 0.618. The smallest absolute Gasteiger partial charge is 0.234 e. The van der Waals surface area contributed by atoms with E-state index in [0.29, 0.717) is 5.16 Å². The average molecular weight is 408 g/mol. The molecule has 1 N–H and O–H groups in total. The second kappa shape index (κ2) is 9.13. The number of piperidine rings is 1. The number of para-hydroxylation sites is 1. The molecule has 1 aliphatic heterocycles. The van der Waals surface area contributed by atoms with Gasteiger partial charge in [-0.3, -0.25) is 9.36 Å². The predicted octanol–water partition coefficient (Wildman–Crippen LogP) is 4.30. The third-order valence-electron chi connectivity index (χ3n) is 5.01. The van der Waals surface area contributed by atoms with Crippen molar-refractivity contribution in [3.05, 3.63) is 60.4 Å². The number of carbonyl (C=O) groups is 1. The van der Waals surface area contributed by atoms with E-state index >= 15 is 0 Å². The van der Waals surface area contributed by atoms with Gasteiger partial charge in [-0.15, -0.1) is 10.2 Å². The SMILES string of the molecule is Cc1nnc(SCC(=O)Nc2ccc(N3CCCCC3)cc2)n1-c1ccccc1. The zero-order chi connectivity index (χ0) is 20.1. The molecule has 1 aliphatic rings. The summed E-state index contributed by atoms with van der Waals surface area (Å²) in [6, 6.07) is 18.1. The Kier molecular flexibility index (Phi) is 6.14. The van der Waals surface area contributed by atoms with E-state index in [2.05, 4.69) is 32.5 Å². The molecule has 0 saturated carbocycles. The molecule has 0 bridgehead atoms. The van der Waals surface area contributed by atoms with Crippen molar-refractivity contribution in [2.24, 2.45) is 0 Å². The molecular weight excluding hydrogens is 382 g/mol. The van der Waals surface area contributed by atoms with E-state index in [1.807, 2.05) is 54.0 Å². The maximum atomic E-state index is 12.4. The van der Waals surface area contributed by atoms with Gasteiger partial charge in [0.1, 0.15) is 5.82 Å². The fraction of sp³-hybridized carbons (Fsp3) is 0.318. The number of benzene rings is 2. The van der Waals surface area contributed by atoms with Crippen LogP contribution in [0.25, 0.3) is 5.69 Å². The molecule has 6 nitrogen and oxygen atoms in total. The largest absolute Gasteiger partial charge is 0.372 e. The van der Waals surface area contributed by atoms with Gasteiger partial charge in [-0.1, -0.05) is 30.0 Å². The molecule has 0 unspecified atom stereocenters. The van der Waals surface area contributed by atoms with Gasteiger partial charge in [0.2, 0.25) is 5.91 Å². The van der Waals surface area contributed by atoms with Crippen LogP contribution in [0.2, 0.25) is 0 Å². The Balaban J connectivity index is 1.35. The van der Waals surface area contributed by atoms with Crippen LogP contribution in [-0.4, -0.2) is 39.5 Å². The minimum absolute atomic E-state index is 0.0546. The van der Waals surface area contributed by atoms with Gasteiger partial charge in [0.25, 0.3) is 0 Å². The van der Waals surface area contributed by atoms with Gasteiger partial charge in [-0.25, -0.2) is 0 Å². The Hall–Kier alpha value is -2.80. The van der Waals surface area contributed by atoms with E-state index in [1.54, 1.807) is 0 Å². The van der Waals surface area contributed by atoms with Crippen LogP contribution in [0.15, 0.2) is 59.8 Å². The molecule has 2 aromatic carbocycles. The number of nitrogens with one attached hydrogen (secondary N) is 1. The number of hydrogen-bond acceptors (Lipinski definition) is 5. The summed E-state index contributed by atoms with van der Waals surface area (Å²) >= 11 is 1.39. The second-order valence-corrected chi connectivity index (χ2v) is 8.07. The lowest BCUT2D eigenvalue weighted by Gasteiger charge is -2.28. The fourth-order valence-electron chi connectivity index (χ4n) is 3.55. The van der Waals surface area contributed by atoms with Crippen LogP contribution in [0.1, 0.15) is 25.1 Å². The molecule has 1 amide bonds. The third kappa shape index (κ3) is 4.79. The highest BCUT2D eigenvalue weighted by Gasteiger charge is 2.14. The number of rotatable bonds is 6. The first kappa shape index (κ1) is 19.5. The summed E-state index contributed by atoms with van der Waals surface area (Å²) in [5.74, 6) is 1.02. The normalized spacial score (nSPS) is 14.0. The standard InChI is InChI=1S/C22H25N5OS/c1-17-24-25-22(27(17)20-8-4-2-5-9-20)29-16-21(28)23-18-10-12-19(13-11-18)26-14-6-3-7-15-26/h2,4-5,8-13H,3,6-7,14-16H2,1H3,(H,23,28). The van der Waals surface area contributed by atoms with Crippen LogP contribution in [0, 0.1) is 6.92 Å². The number of amides is 1. The molecule has 4 rings (SSSR count). The molecule has 29 heavy (non-hydrogen) atoms. The summed E-state index contributed by atoms with van der Waals surface area (Å²) in [5.41, 5.74) is 3.03. The topological polar surface area (TPSA) is 63.1 Å². The van der Waals surface area contributed by atoms with Crippen molar-refractivity contribution in [2.45, 2.75) is 31.3 Å². The predicted molar refractivity (Wildman–Crippen MR) is 118 cm³/mol. The Labute approximate surface area is 175 Å². The minimum Gasteiger partial charge on any atom is -0.372 e.